The molecule has 0 aromatic rings. The summed E-state index contributed by atoms with van der Waals surface area (Å²) in [6.45, 7) is 5.18. The van der Waals surface area contributed by atoms with Crippen LogP contribution in [0.1, 0.15) is 51.9 Å². The van der Waals surface area contributed by atoms with E-state index in [1.54, 1.807) is 4.90 Å². The average Bonchev–Trinajstić information content (AvgIpc) is 3.18. The number of urea groups is 1. The van der Waals surface area contributed by atoms with Gasteiger partial charge in [-0.3, -0.25) is 9.79 Å². The van der Waals surface area contributed by atoms with Crippen LogP contribution in [0.2, 0.25) is 0 Å². The second-order valence-electron chi connectivity index (χ2n) is 6.99. The van der Waals surface area contributed by atoms with Gasteiger partial charge in [0.05, 0.1) is 0 Å². The number of likely N-dealkylation sites (N-methyl/N-ethyl adjacent to an activating group) is 1. The minimum Gasteiger partial charge on any atom is -0.325 e. The number of nitrogens with zero attached hydrogens (tertiary/aromatic N) is 4. The SMILES string of the molecule is CCCCC1=NC2(CCN(C(=O)N3CCCC3)CC2)C(=O)N1C. The van der Waals surface area contributed by atoms with Gasteiger partial charge in [0, 0.05) is 39.6 Å². The Morgan fingerprint density at radius 3 is 2.35 bits per heavy atom. The minimum atomic E-state index is -0.598. The molecular formula is C17H28N4O2. The molecule has 3 rings (SSSR count). The second kappa shape index (κ2) is 6.49. The predicted molar refractivity (Wildman–Crippen MR) is 89.5 cm³/mol. The van der Waals surface area contributed by atoms with Crippen molar-refractivity contribution < 1.29 is 9.59 Å². The van der Waals surface area contributed by atoms with E-state index in [9.17, 15) is 9.59 Å². The summed E-state index contributed by atoms with van der Waals surface area (Å²) in [5.74, 6) is 1.05. The largest absolute Gasteiger partial charge is 0.325 e. The van der Waals surface area contributed by atoms with Crippen molar-refractivity contribution in [3.63, 3.8) is 0 Å². The van der Waals surface area contributed by atoms with Crippen LogP contribution in [-0.4, -0.2) is 71.2 Å². The number of carbonyl (C=O) groups excluding carboxylic acids is 2. The fraction of sp³-hybridized carbons (Fsp3) is 0.824. The van der Waals surface area contributed by atoms with Gasteiger partial charge >= 0.3 is 6.03 Å². The molecule has 0 bridgehead atoms. The summed E-state index contributed by atoms with van der Waals surface area (Å²) in [5, 5.41) is 0. The number of amidine groups is 1. The highest BCUT2D eigenvalue weighted by atomic mass is 16.2. The molecule has 3 aliphatic rings. The van der Waals surface area contributed by atoms with Crippen LogP contribution < -0.4 is 0 Å². The van der Waals surface area contributed by atoms with E-state index in [1.807, 2.05) is 16.8 Å². The van der Waals surface area contributed by atoms with Crippen LogP contribution in [0.4, 0.5) is 4.79 Å². The number of hydrogen-bond acceptors (Lipinski definition) is 3. The highest BCUT2D eigenvalue weighted by Crippen LogP contribution is 2.34. The first kappa shape index (κ1) is 16.3. The fourth-order valence-corrected chi connectivity index (χ4v) is 3.86. The third-order valence-electron chi connectivity index (χ3n) is 5.42. The van der Waals surface area contributed by atoms with E-state index in [-0.39, 0.29) is 11.9 Å². The normalized spacial score (nSPS) is 23.8. The molecule has 2 fully saturated rings. The van der Waals surface area contributed by atoms with Gasteiger partial charge in [0.2, 0.25) is 0 Å². The van der Waals surface area contributed by atoms with E-state index < -0.39 is 5.54 Å². The molecule has 1 spiro atoms. The summed E-state index contributed by atoms with van der Waals surface area (Å²) in [4.78, 5) is 35.6. The molecule has 0 unspecified atom stereocenters. The second-order valence-corrected chi connectivity index (χ2v) is 6.99. The molecule has 0 N–H and O–H groups in total. The lowest BCUT2D eigenvalue weighted by Gasteiger charge is -2.37. The molecule has 3 amide bonds. The molecule has 2 saturated heterocycles. The molecule has 23 heavy (non-hydrogen) atoms. The lowest BCUT2D eigenvalue weighted by atomic mass is 9.88. The number of amides is 3. The van der Waals surface area contributed by atoms with Gasteiger partial charge in [0.25, 0.3) is 5.91 Å². The highest BCUT2D eigenvalue weighted by molar-refractivity contribution is 6.08. The van der Waals surface area contributed by atoms with E-state index in [1.165, 1.54) is 0 Å². The fourth-order valence-electron chi connectivity index (χ4n) is 3.86. The third-order valence-corrected chi connectivity index (χ3v) is 5.42. The molecule has 0 radical (unpaired) electrons. The zero-order chi connectivity index (χ0) is 16.4. The van der Waals surface area contributed by atoms with Crippen molar-refractivity contribution in [1.82, 2.24) is 14.7 Å². The first-order valence-electron chi connectivity index (χ1n) is 8.98. The molecule has 3 heterocycles. The topological polar surface area (TPSA) is 56.2 Å². The molecule has 0 saturated carbocycles. The quantitative estimate of drug-likeness (QED) is 0.799. The maximum Gasteiger partial charge on any atom is 0.320 e. The Morgan fingerprint density at radius 1 is 1.13 bits per heavy atom. The van der Waals surface area contributed by atoms with Crippen molar-refractivity contribution >= 4 is 17.8 Å². The summed E-state index contributed by atoms with van der Waals surface area (Å²) in [6, 6.07) is 0.145. The molecule has 6 nitrogen and oxygen atoms in total. The van der Waals surface area contributed by atoms with Crippen molar-refractivity contribution in [2.24, 2.45) is 4.99 Å². The Kier molecular flexibility index (Phi) is 4.60. The van der Waals surface area contributed by atoms with Gasteiger partial charge in [-0.2, -0.15) is 0 Å². The van der Waals surface area contributed by atoms with Gasteiger partial charge in [-0.05, 0) is 32.1 Å². The van der Waals surface area contributed by atoms with Gasteiger partial charge in [-0.15, -0.1) is 0 Å². The van der Waals surface area contributed by atoms with Crippen molar-refractivity contribution in [2.75, 3.05) is 33.2 Å². The molecule has 0 aliphatic carbocycles. The molecule has 0 aromatic heterocycles. The maximum absolute atomic E-state index is 12.7. The maximum atomic E-state index is 12.7. The zero-order valence-corrected chi connectivity index (χ0v) is 14.4. The van der Waals surface area contributed by atoms with Crippen molar-refractivity contribution in [3.8, 4) is 0 Å². The van der Waals surface area contributed by atoms with Gasteiger partial charge < -0.3 is 14.7 Å². The van der Waals surface area contributed by atoms with Crippen molar-refractivity contribution in [1.29, 1.82) is 0 Å². The van der Waals surface area contributed by atoms with E-state index >= 15 is 0 Å². The van der Waals surface area contributed by atoms with E-state index in [0.717, 1.165) is 51.0 Å². The number of piperidine rings is 1. The Balaban J connectivity index is 1.64. The van der Waals surface area contributed by atoms with Gasteiger partial charge in [0.15, 0.2) is 0 Å². The van der Waals surface area contributed by atoms with Gasteiger partial charge in [-0.1, -0.05) is 13.3 Å². The number of unbranched alkanes of at least 4 members (excludes halogenated alkanes) is 1. The third kappa shape index (κ3) is 2.95. The summed E-state index contributed by atoms with van der Waals surface area (Å²) >= 11 is 0. The molecular weight excluding hydrogens is 292 g/mol. The molecule has 128 valence electrons. The summed E-state index contributed by atoms with van der Waals surface area (Å²) in [7, 11) is 1.84. The van der Waals surface area contributed by atoms with E-state index in [0.29, 0.717) is 25.9 Å². The Labute approximate surface area is 138 Å². The standard InChI is InChI=1S/C17H28N4O2/c1-3-4-7-14-18-17(15(22)19(14)2)8-12-21(13-9-17)16(23)20-10-5-6-11-20/h3-13H2,1-2H3. The predicted octanol–water partition coefficient (Wildman–Crippen LogP) is 2.10. The first-order valence-corrected chi connectivity index (χ1v) is 8.98. The molecule has 6 heteroatoms. The van der Waals surface area contributed by atoms with Crippen LogP contribution >= 0.6 is 0 Å². The zero-order valence-electron chi connectivity index (χ0n) is 14.4. The van der Waals surface area contributed by atoms with E-state index in [4.69, 9.17) is 4.99 Å². The lowest BCUT2D eigenvalue weighted by molar-refractivity contribution is -0.131. The monoisotopic (exact) mass is 320 g/mol. The Morgan fingerprint density at radius 2 is 1.74 bits per heavy atom. The van der Waals surface area contributed by atoms with Crippen LogP contribution in [0, 0.1) is 0 Å². The molecule has 0 aromatic carbocycles. The number of carbonyl (C=O) groups is 2. The average molecular weight is 320 g/mol. The Bertz CT molecular complexity index is 503. The van der Waals surface area contributed by atoms with Crippen LogP contribution in [-0.2, 0) is 4.79 Å². The number of hydrogen-bond donors (Lipinski definition) is 0. The van der Waals surface area contributed by atoms with Crippen molar-refractivity contribution in [3.05, 3.63) is 0 Å². The molecule has 0 atom stereocenters. The molecule has 3 aliphatic heterocycles. The van der Waals surface area contributed by atoms with Crippen LogP contribution in [0.15, 0.2) is 4.99 Å². The van der Waals surface area contributed by atoms with Crippen LogP contribution in [0.25, 0.3) is 0 Å². The van der Waals surface area contributed by atoms with E-state index in [2.05, 4.69) is 6.92 Å². The van der Waals surface area contributed by atoms with Crippen LogP contribution in [0.5, 0.6) is 0 Å². The Hall–Kier alpha value is -1.59. The number of likely N-dealkylation sites (tertiary alicyclic amines) is 2. The smallest absolute Gasteiger partial charge is 0.320 e. The van der Waals surface area contributed by atoms with Gasteiger partial charge in [-0.25, -0.2) is 4.79 Å². The highest BCUT2D eigenvalue weighted by Gasteiger charge is 2.49. The van der Waals surface area contributed by atoms with Crippen molar-refractivity contribution in [2.45, 2.75) is 57.4 Å². The number of aliphatic imine (C=N–C) groups is 1. The van der Waals surface area contributed by atoms with Gasteiger partial charge in [0.1, 0.15) is 11.4 Å². The van der Waals surface area contributed by atoms with Crippen LogP contribution in [0.3, 0.4) is 0 Å². The summed E-state index contributed by atoms with van der Waals surface area (Å²) < 4.78 is 0. The minimum absolute atomic E-state index is 0.122. The first-order chi connectivity index (χ1) is 11.1. The lowest BCUT2D eigenvalue weighted by Crippen LogP contribution is -2.53. The summed E-state index contributed by atoms with van der Waals surface area (Å²) in [5.41, 5.74) is -0.598. The summed E-state index contributed by atoms with van der Waals surface area (Å²) in [6.07, 6.45) is 6.57. The number of rotatable bonds is 3.